The molecule has 0 aliphatic carbocycles. The minimum absolute atomic E-state index is 0.0905. The van der Waals surface area contributed by atoms with Crippen molar-refractivity contribution in [1.82, 2.24) is 4.31 Å². The van der Waals surface area contributed by atoms with Crippen LogP contribution in [-0.2, 0) is 26.2 Å². The molecule has 2 amide bonds. The summed E-state index contributed by atoms with van der Waals surface area (Å²) in [5.74, 6) is -0.506. The Hall–Kier alpha value is -2.72. The number of imide groups is 1. The second-order valence-electron chi connectivity index (χ2n) is 7.06. The number of hydrogen-bond donors (Lipinski definition) is 0. The predicted octanol–water partition coefficient (Wildman–Crippen LogP) is 3.93. The molecule has 0 radical (unpaired) electrons. The molecule has 7 nitrogen and oxygen atoms in total. The lowest BCUT2D eigenvalue weighted by Crippen LogP contribution is -2.44. The van der Waals surface area contributed by atoms with Crippen molar-refractivity contribution >= 4 is 50.5 Å². The Labute approximate surface area is 194 Å². The Morgan fingerprint density at radius 1 is 1.09 bits per heavy atom. The van der Waals surface area contributed by atoms with E-state index in [2.05, 4.69) is 0 Å². The molecule has 2 heterocycles. The van der Waals surface area contributed by atoms with Crippen LogP contribution in [0.25, 0.3) is 0 Å². The Morgan fingerprint density at radius 2 is 1.81 bits per heavy atom. The van der Waals surface area contributed by atoms with E-state index in [4.69, 9.17) is 16.3 Å². The van der Waals surface area contributed by atoms with Gasteiger partial charge in [-0.3, -0.25) is 9.59 Å². The Balaban J connectivity index is 1.73. The van der Waals surface area contributed by atoms with E-state index < -0.39 is 27.9 Å². The number of carbonyl (C=O) groups excluding carboxylic acids is 2. The van der Waals surface area contributed by atoms with Gasteiger partial charge in [-0.15, -0.1) is 11.3 Å². The van der Waals surface area contributed by atoms with Gasteiger partial charge < -0.3 is 4.74 Å². The summed E-state index contributed by atoms with van der Waals surface area (Å²) in [4.78, 5) is 27.2. The van der Waals surface area contributed by atoms with Crippen LogP contribution >= 0.6 is 22.9 Å². The van der Waals surface area contributed by atoms with Gasteiger partial charge in [-0.1, -0.05) is 35.9 Å². The number of carbonyl (C=O) groups is 2. The zero-order chi connectivity index (χ0) is 22.9. The molecule has 32 heavy (non-hydrogen) atoms. The highest BCUT2D eigenvalue weighted by Gasteiger charge is 2.47. The average Bonchev–Trinajstić information content (AvgIpc) is 3.42. The molecule has 166 valence electrons. The van der Waals surface area contributed by atoms with Gasteiger partial charge >= 0.3 is 0 Å². The van der Waals surface area contributed by atoms with Crippen molar-refractivity contribution in [1.29, 1.82) is 0 Å². The van der Waals surface area contributed by atoms with Crippen LogP contribution in [0.5, 0.6) is 5.75 Å². The monoisotopic (exact) mass is 490 g/mol. The summed E-state index contributed by atoms with van der Waals surface area (Å²) in [6.07, 6.45) is -0.264. The lowest BCUT2D eigenvalue weighted by atomic mass is 10.2. The molecule has 1 aliphatic rings. The molecule has 2 aromatic carbocycles. The van der Waals surface area contributed by atoms with Crippen LogP contribution in [0.15, 0.2) is 70.3 Å². The van der Waals surface area contributed by atoms with Crippen LogP contribution in [0, 0.1) is 0 Å². The number of methoxy groups -OCH3 is 1. The summed E-state index contributed by atoms with van der Waals surface area (Å²) in [6, 6.07) is 15.2. The highest BCUT2D eigenvalue weighted by molar-refractivity contribution is 7.91. The van der Waals surface area contributed by atoms with Gasteiger partial charge in [0.2, 0.25) is 5.91 Å². The molecule has 1 aromatic heterocycles. The molecule has 1 atom stereocenters. The molecule has 10 heteroatoms. The molecule has 3 aromatic rings. The van der Waals surface area contributed by atoms with E-state index in [1.807, 2.05) is 0 Å². The zero-order valence-electron chi connectivity index (χ0n) is 17.0. The maximum Gasteiger partial charge on any atom is 0.253 e. The van der Waals surface area contributed by atoms with Crippen LogP contribution in [0.3, 0.4) is 0 Å². The van der Waals surface area contributed by atoms with Crippen molar-refractivity contribution in [2.75, 3.05) is 12.0 Å². The second kappa shape index (κ2) is 9.03. The van der Waals surface area contributed by atoms with Gasteiger partial charge in [-0.05, 0) is 47.3 Å². The van der Waals surface area contributed by atoms with Gasteiger partial charge in [0, 0.05) is 11.6 Å². The minimum Gasteiger partial charge on any atom is -0.497 e. The van der Waals surface area contributed by atoms with Gasteiger partial charge in [0.05, 0.1) is 19.2 Å². The lowest BCUT2D eigenvalue weighted by Gasteiger charge is -2.26. The van der Waals surface area contributed by atoms with Crippen molar-refractivity contribution in [3.8, 4) is 5.75 Å². The molecule has 0 N–H and O–H groups in total. The van der Waals surface area contributed by atoms with Crippen molar-refractivity contribution in [2.45, 2.75) is 23.2 Å². The number of halogens is 1. The third kappa shape index (κ3) is 4.16. The molecule has 0 saturated carbocycles. The topological polar surface area (TPSA) is 84.0 Å². The third-order valence-corrected chi connectivity index (χ3v) is 8.74. The van der Waals surface area contributed by atoms with Crippen LogP contribution in [-0.4, -0.2) is 37.7 Å². The van der Waals surface area contributed by atoms with Crippen LogP contribution in [0.2, 0.25) is 5.02 Å². The average molecular weight is 491 g/mol. The summed E-state index contributed by atoms with van der Waals surface area (Å²) < 4.78 is 33.2. The standard InChI is InChI=1S/C22H19ClN2O5S2/c1-30-17-10-8-16(9-11-17)25-20(26)13-19(22(25)27)24(14-15-5-2-3-6-18(15)23)32(28,29)21-7-4-12-31-21/h2-12,19H,13-14H2,1H3. The summed E-state index contributed by atoms with van der Waals surface area (Å²) >= 11 is 7.32. The first-order chi connectivity index (χ1) is 15.3. The SMILES string of the molecule is COc1ccc(N2C(=O)CC(N(Cc3ccccc3Cl)S(=O)(=O)c3cccs3)C2=O)cc1. The first kappa shape index (κ1) is 22.5. The fourth-order valence-corrected chi connectivity index (χ4v) is 6.40. The number of sulfonamides is 1. The normalized spacial score (nSPS) is 16.7. The highest BCUT2D eigenvalue weighted by atomic mass is 35.5. The number of hydrogen-bond acceptors (Lipinski definition) is 6. The van der Waals surface area contributed by atoms with Crippen LogP contribution in [0.4, 0.5) is 5.69 Å². The van der Waals surface area contributed by atoms with Crippen molar-refractivity contribution < 1.29 is 22.7 Å². The molecular formula is C22H19ClN2O5S2. The predicted molar refractivity (Wildman–Crippen MR) is 122 cm³/mol. The fraction of sp³-hybridized carbons (Fsp3) is 0.182. The molecule has 1 aliphatic heterocycles. The van der Waals surface area contributed by atoms with E-state index in [-0.39, 0.29) is 17.2 Å². The first-order valence-corrected chi connectivity index (χ1v) is 12.3. The molecule has 4 rings (SSSR count). The molecule has 1 saturated heterocycles. The Bertz CT molecular complexity index is 1240. The highest BCUT2D eigenvalue weighted by Crippen LogP contribution is 2.33. The molecular weight excluding hydrogens is 472 g/mol. The van der Waals surface area contributed by atoms with Crippen molar-refractivity contribution in [2.24, 2.45) is 0 Å². The number of anilines is 1. The van der Waals surface area contributed by atoms with Gasteiger partial charge in [-0.25, -0.2) is 13.3 Å². The van der Waals surface area contributed by atoms with Gasteiger partial charge in [0.15, 0.2) is 0 Å². The van der Waals surface area contributed by atoms with Gasteiger partial charge in [-0.2, -0.15) is 4.31 Å². The summed E-state index contributed by atoms with van der Waals surface area (Å²) in [6.45, 7) is -0.139. The summed E-state index contributed by atoms with van der Waals surface area (Å²) in [7, 11) is -2.54. The smallest absolute Gasteiger partial charge is 0.253 e. The summed E-state index contributed by atoms with van der Waals surface area (Å²) in [5, 5.41) is 2.02. The van der Waals surface area contributed by atoms with E-state index in [1.54, 1.807) is 60.0 Å². The van der Waals surface area contributed by atoms with E-state index in [1.165, 1.54) is 13.2 Å². The lowest BCUT2D eigenvalue weighted by molar-refractivity contribution is -0.122. The summed E-state index contributed by atoms with van der Waals surface area (Å²) in [5.41, 5.74) is 0.895. The molecule has 1 fully saturated rings. The first-order valence-electron chi connectivity index (χ1n) is 9.62. The number of rotatable bonds is 7. The Morgan fingerprint density at radius 3 is 2.44 bits per heavy atom. The number of thiophene rings is 1. The van der Waals surface area contributed by atoms with Crippen molar-refractivity contribution in [3.05, 3.63) is 76.6 Å². The minimum atomic E-state index is -4.06. The third-order valence-electron chi connectivity index (χ3n) is 5.14. The largest absolute Gasteiger partial charge is 0.497 e. The maximum atomic E-state index is 13.5. The van der Waals surface area contributed by atoms with E-state index in [0.29, 0.717) is 22.0 Å². The zero-order valence-corrected chi connectivity index (χ0v) is 19.4. The number of amides is 2. The number of ether oxygens (including phenoxy) is 1. The van der Waals surface area contributed by atoms with Crippen LogP contribution in [0.1, 0.15) is 12.0 Å². The second-order valence-corrected chi connectivity index (χ2v) is 10.5. The maximum absolute atomic E-state index is 13.5. The van der Waals surface area contributed by atoms with Crippen molar-refractivity contribution in [3.63, 3.8) is 0 Å². The fourth-order valence-electron chi connectivity index (χ4n) is 3.53. The number of nitrogens with zero attached hydrogens (tertiary/aromatic N) is 2. The van der Waals surface area contributed by atoms with E-state index >= 15 is 0 Å². The van der Waals surface area contributed by atoms with Gasteiger partial charge in [0.25, 0.3) is 15.9 Å². The molecule has 1 unspecified atom stereocenters. The van der Waals surface area contributed by atoms with E-state index in [0.717, 1.165) is 20.5 Å². The number of benzene rings is 2. The Kier molecular flexibility index (Phi) is 6.34. The quantitative estimate of drug-likeness (QED) is 0.468. The van der Waals surface area contributed by atoms with Crippen LogP contribution < -0.4 is 9.64 Å². The van der Waals surface area contributed by atoms with Gasteiger partial charge in [0.1, 0.15) is 16.0 Å². The molecule has 0 spiro atoms. The van der Waals surface area contributed by atoms with E-state index in [9.17, 15) is 18.0 Å². The molecule has 0 bridgehead atoms.